The fourth-order valence-corrected chi connectivity index (χ4v) is 2.56. The van der Waals surface area contributed by atoms with E-state index in [-0.39, 0.29) is 13.2 Å². The number of alkyl halides is 2. The average Bonchev–Trinajstić information content (AvgIpc) is 2.43. The Morgan fingerprint density at radius 1 is 1.26 bits per heavy atom. The van der Waals surface area contributed by atoms with Gasteiger partial charge in [0.1, 0.15) is 6.61 Å². The number of alkyl carbamates (subject to hydrolysis) is 1. The standard InChI is InChI=1S/C16H22F2N2O3/c1-20(2)12-22-11-15(9-16(17,18)10-15)19-14(21)23-8-13-6-4-3-5-7-13/h3-7H,8-12H2,1-2H3,(H,19,21). The van der Waals surface area contributed by atoms with Crippen LogP contribution in [0.3, 0.4) is 0 Å². The van der Waals surface area contributed by atoms with Gasteiger partial charge in [-0.25, -0.2) is 13.6 Å². The molecule has 5 nitrogen and oxygen atoms in total. The first kappa shape index (κ1) is 17.6. The highest BCUT2D eigenvalue weighted by molar-refractivity contribution is 5.68. The molecule has 1 aromatic rings. The summed E-state index contributed by atoms with van der Waals surface area (Å²) in [6, 6.07) is 9.16. The second-order valence-corrected chi connectivity index (χ2v) is 6.23. The molecule has 7 heteroatoms. The van der Waals surface area contributed by atoms with Crippen molar-refractivity contribution in [2.75, 3.05) is 27.4 Å². The summed E-state index contributed by atoms with van der Waals surface area (Å²) < 4.78 is 37.0. The van der Waals surface area contributed by atoms with Crippen molar-refractivity contribution in [3.8, 4) is 0 Å². The van der Waals surface area contributed by atoms with E-state index in [9.17, 15) is 13.6 Å². The van der Waals surface area contributed by atoms with Gasteiger partial charge in [-0.1, -0.05) is 30.3 Å². The van der Waals surface area contributed by atoms with Crippen LogP contribution in [-0.4, -0.2) is 49.9 Å². The van der Waals surface area contributed by atoms with Crippen molar-refractivity contribution in [1.82, 2.24) is 10.2 Å². The molecule has 0 saturated heterocycles. The number of nitrogens with one attached hydrogen (secondary N) is 1. The summed E-state index contributed by atoms with van der Waals surface area (Å²) in [5.41, 5.74) is -0.229. The maximum Gasteiger partial charge on any atom is 0.407 e. The summed E-state index contributed by atoms with van der Waals surface area (Å²) in [7, 11) is 3.62. The lowest BCUT2D eigenvalue weighted by Gasteiger charge is -2.47. The number of ether oxygens (including phenoxy) is 2. The molecule has 2 rings (SSSR count). The maximum atomic E-state index is 13.3. The third-order valence-electron chi connectivity index (χ3n) is 3.50. The summed E-state index contributed by atoms with van der Waals surface area (Å²) in [6.45, 7) is 0.424. The van der Waals surface area contributed by atoms with E-state index in [1.165, 1.54) is 0 Å². The summed E-state index contributed by atoms with van der Waals surface area (Å²) in [4.78, 5) is 13.7. The molecule has 1 aromatic carbocycles. The molecule has 1 N–H and O–H groups in total. The molecule has 0 radical (unpaired) electrons. The molecule has 0 atom stereocenters. The molecule has 0 unspecified atom stereocenters. The van der Waals surface area contributed by atoms with Crippen LogP contribution in [0.4, 0.5) is 13.6 Å². The molecule has 1 aliphatic rings. The van der Waals surface area contributed by atoms with E-state index in [1.807, 2.05) is 44.4 Å². The Kier molecular flexibility index (Phi) is 5.54. The quantitative estimate of drug-likeness (QED) is 0.782. The van der Waals surface area contributed by atoms with Gasteiger partial charge in [0.2, 0.25) is 0 Å². The molecule has 1 aliphatic carbocycles. The number of benzene rings is 1. The fraction of sp³-hybridized carbons (Fsp3) is 0.562. The average molecular weight is 328 g/mol. The molecule has 23 heavy (non-hydrogen) atoms. The summed E-state index contributed by atoms with van der Waals surface area (Å²) in [5, 5.41) is 2.54. The molecule has 1 fully saturated rings. The third-order valence-corrected chi connectivity index (χ3v) is 3.50. The number of hydrogen-bond acceptors (Lipinski definition) is 4. The van der Waals surface area contributed by atoms with Crippen molar-refractivity contribution in [3.63, 3.8) is 0 Å². The number of amides is 1. The highest BCUT2D eigenvalue weighted by Gasteiger charge is 2.57. The Bertz CT molecular complexity index is 515. The number of carbonyl (C=O) groups is 1. The Morgan fingerprint density at radius 2 is 1.91 bits per heavy atom. The fourth-order valence-electron chi connectivity index (χ4n) is 2.56. The predicted octanol–water partition coefficient (Wildman–Crippen LogP) is 2.62. The highest BCUT2D eigenvalue weighted by Crippen LogP contribution is 2.45. The molecular formula is C16H22F2N2O3. The van der Waals surface area contributed by atoms with Crippen molar-refractivity contribution < 1.29 is 23.0 Å². The molecule has 0 aromatic heterocycles. The molecule has 1 saturated carbocycles. The zero-order chi connectivity index (χ0) is 16.9. The van der Waals surface area contributed by atoms with Crippen molar-refractivity contribution >= 4 is 6.09 Å². The Balaban J connectivity index is 1.84. The number of rotatable bonds is 7. The summed E-state index contributed by atoms with van der Waals surface area (Å²) >= 11 is 0. The van der Waals surface area contributed by atoms with E-state index in [4.69, 9.17) is 9.47 Å². The van der Waals surface area contributed by atoms with Crippen LogP contribution >= 0.6 is 0 Å². The maximum absolute atomic E-state index is 13.3. The zero-order valence-corrected chi connectivity index (χ0v) is 13.4. The Hall–Kier alpha value is -1.73. The Labute approximate surface area is 134 Å². The molecule has 1 amide bonds. The minimum atomic E-state index is -2.77. The smallest absolute Gasteiger partial charge is 0.407 e. The van der Waals surface area contributed by atoms with Crippen LogP contribution in [0.25, 0.3) is 0 Å². The van der Waals surface area contributed by atoms with E-state index in [0.717, 1.165) is 5.56 Å². The van der Waals surface area contributed by atoms with Crippen LogP contribution in [-0.2, 0) is 16.1 Å². The minimum absolute atomic E-state index is 0.0290. The van der Waals surface area contributed by atoms with E-state index in [1.54, 1.807) is 4.90 Å². The van der Waals surface area contributed by atoms with Crippen LogP contribution in [0.15, 0.2) is 30.3 Å². The molecule has 0 spiro atoms. The topological polar surface area (TPSA) is 50.8 Å². The highest BCUT2D eigenvalue weighted by atomic mass is 19.3. The SMILES string of the molecule is CN(C)COCC1(NC(=O)OCc2ccccc2)CC(F)(F)C1. The van der Waals surface area contributed by atoms with Crippen molar-refractivity contribution in [1.29, 1.82) is 0 Å². The van der Waals surface area contributed by atoms with Gasteiger partial charge in [0.25, 0.3) is 5.92 Å². The number of carbonyl (C=O) groups excluding carboxylic acids is 1. The number of nitrogens with zero attached hydrogens (tertiary/aromatic N) is 1. The van der Waals surface area contributed by atoms with Gasteiger partial charge in [-0.15, -0.1) is 0 Å². The zero-order valence-electron chi connectivity index (χ0n) is 13.4. The third kappa shape index (κ3) is 5.44. The molecule has 0 bridgehead atoms. The lowest BCUT2D eigenvalue weighted by atomic mass is 9.74. The number of hydrogen-bond donors (Lipinski definition) is 1. The van der Waals surface area contributed by atoms with Crippen molar-refractivity contribution in [3.05, 3.63) is 35.9 Å². The second kappa shape index (κ2) is 7.23. The second-order valence-electron chi connectivity index (χ2n) is 6.23. The molecule has 128 valence electrons. The first-order valence-corrected chi connectivity index (χ1v) is 7.39. The van der Waals surface area contributed by atoms with E-state index < -0.39 is 30.4 Å². The number of halogens is 2. The first-order valence-electron chi connectivity index (χ1n) is 7.39. The van der Waals surface area contributed by atoms with Gasteiger partial charge < -0.3 is 14.8 Å². The van der Waals surface area contributed by atoms with Gasteiger partial charge >= 0.3 is 6.09 Å². The van der Waals surface area contributed by atoms with Crippen LogP contribution in [0.2, 0.25) is 0 Å². The van der Waals surface area contributed by atoms with Gasteiger partial charge in [0.15, 0.2) is 0 Å². The van der Waals surface area contributed by atoms with Gasteiger partial charge in [0.05, 0.1) is 18.9 Å². The van der Waals surface area contributed by atoms with Crippen LogP contribution < -0.4 is 5.32 Å². The lowest BCUT2D eigenvalue weighted by Crippen LogP contribution is -2.65. The predicted molar refractivity (Wildman–Crippen MR) is 81.2 cm³/mol. The van der Waals surface area contributed by atoms with Gasteiger partial charge in [-0.3, -0.25) is 4.90 Å². The molecule has 0 aliphatic heterocycles. The van der Waals surface area contributed by atoms with Crippen LogP contribution in [0.5, 0.6) is 0 Å². The normalized spacial score (nSPS) is 18.3. The van der Waals surface area contributed by atoms with E-state index in [2.05, 4.69) is 5.32 Å². The van der Waals surface area contributed by atoms with E-state index >= 15 is 0 Å². The van der Waals surface area contributed by atoms with E-state index in [0.29, 0.717) is 6.73 Å². The van der Waals surface area contributed by atoms with Gasteiger partial charge in [-0.05, 0) is 19.7 Å². The van der Waals surface area contributed by atoms with Crippen molar-refractivity contribution in [2.24, 2.45) is 0 Å². The van der Waals surface area contributed by atoms with Gasteiger partial charge in [0, 0.05) is 12.8 Å². The monoisotopic (exact) mass is 328 g/mol. The minimum Gasteiger partial charge on any atom is -0.445 e. The molecular weight excluding hydrogens is 306 g/mol. The van der Waals surface area contributed by atoms with Crippen molar-refractivity contribution in [2.45, 2.75) is 30.9 Å². The van der Waals surface area contributed by atoms with Crippen LogP contribution in [0, 0.1) is 0 Å². The summed E-state index contributed by atoms with van der Waals surface area (Å²) in [6.07, 6.45) is -1.58. The first-order chi connectivity index (χ1) is 10.8. The van der Waals surface area contributed by atoms with Gasteiger partial charge in [-0.2, -0.15) is 0 Å². The largest absolute Gasteiger partial charge is 0.445 e. The van der Waals surface area contributed by atoms with Crippen LogP contribution in [0.1, 0.15) is 18.4 Å². The lowest BCUT2D eigenvalue weighted by molar-refractivity contribution is -0.155. The summed E-state index contributed by atoms with van der Waals surface area (Å²) in [5.74, 6) is -2.77. The molecule has 0 heterocycles. The Morgan fingerprint density at radius 3 is 2.48 bits per heavy atom.